The van der Waals surface area contributed by atoms with Gasteiger partial charge in [0.15, 0.2) is 5.72 Å². The smallest absolute Gasteiger partial charge is 0.409 e. The highest BCUT2D eigenvalue weighted by atomic mass is 35.5. The summed E-state index contributed by atoms with van der Waals surface area (Å²) in [6.45, 7) is 7.85. The molecule has 4 bridgehead atoms. The minimum absolute atomic E-state index is 0.106. The highest BCUT2D eigenvalue weighted by Crippen LogP contribution is 2.50. The first kappa shape index (κ1) is 29.4. The molecule has 1 aromatic carbocycles. The molecule has 0 aliphatic carbocycles. The molecule has 3 heterocycles. The molecular weight excluding hydrogens is 524 g/mol. The molecule has 0 saturated carbocycles. The Morgan fingerprint density at radius 1 is 1.23 bits per heavy atom. The number of halogens is 1. The molecule has 10 heteroatoms. The number of carbonyl (C=O) groups excluding carboxylic acids is 2. The van der Waals surface area contributed by atoms with Crippen molar-refractivity contribution in [1.82, 2.24) is 5.32 Å². The Hall–Kier alpha value is -2.59. The van der Waals surface area contributed by atoms with Gasteiger partial charge < -0.3 is 29.0 Å². The van der Waals surface area contributed by atoms with Crippen LogP contribution in [0.1, 0.15) is 46.1 Å². The van der Waals surface area contributed by atoms with E-state index in [0.717, 1.165) is 11.1 Å². The number of hydrogen-bond donors (Lipinski definition) is 2. The predicted molar refractivity (Wildman–Crippen MR) is 148 cm³/mol. The van der Waals surface area contributed by atoms with Crippen molar-refractivity contribution in [1.29, 1.82) is 0 Å². The highest BCUT2D eigenvalue weighted by molar-refractivity contribution is 6.35. The topological polar surface area (TPSA) is 110 Å². The summed E-state index contributed by atoms with van der Waals surface area (Å²) in [4.78, 5) is 27.5. The second-order valence-corrected chi connectivity index (χ2v) is 11.6. The Labute approximate surface area is 235 Å². The predicted octanol–water partition coefficient (Wildman–Crippen LogP) is 4.39. The molecule has 0 radical (unpaired) electrons. The molecule has 2 amide bonds. The van der Waals surface area contributed by atoms with E-state index in [9.17, 15) is 14.7 Å². The summed E-state index contributed by atoms with van der Waals surface area (Å²) in [5, 5.41) is 14.4. The molecule has 0 aromatic heterocycles. The number of epoxide rings is 1. The largest absolute Gasteiger partial charge is 0.495 e. The minimum atomic E-state index is -1.67. The standard InChI is InChI=1S/C29H39ClN2O7/c1-16-9-8-10-23(37-7)29(35)15-22(38-27(34)31-29)18(3)26-28(4,39-26)17(2)12-24(33)32(5)20-13-19(11-16)14-21(36-6)25(20)30/h8-10,13-14,17-18,22-23,26,35H,11-12,15H2,1-7H3,(H,31,34)/b10-8+,16-9+/t17-,18+,22-,23+,26-,28-,29-/m0/s1. The Bertz CT molecular complexity index is 1190. The third-order valence-corrected chi connectivity index (χ3v) is 8.79. The summed E-state index contributed by atoms with van der Waals surface area (Å²) < 4.78 is 22.9. The fourth-order valence-corrected chi connectivity index (χ4v) is 6.00. The lowest BCUT2D eigenvalue weighted by Gasteiger charge is -2.42. The number of nitrogens with zero attached hydrogens (tertiary/aromatic N) is 1. The molecule has 9 nitrogen and oxygen atoms in total. The van der Waals surface area contributed by atoms with Crippen molar-refractivity contribution in [3.8, 4) is 5.75 Å². The van der Waals surface area contributed by atoms with E-state index in [1.807, 2.05) is 45.9 Å². The van der Waals surface area contributed by atoms with Gasteiger partial charge in [0.05, 0.1) is 24.5 Å². The van der Waals surface area contributed by atoms with E-state index in [1.54, 1.807) is 31.2 Å². The minimum Gasteiger partial charge on any atom is -0.495 e. The number of rotatable bonds is 2. The van der Waals surface area contributed by atoms with Gasteiger partial charge in [0.2, 0.25) is 5.91 Å². The lowest BCUT2D eigenvalue weighted by molar-refractivity contribution is -0.142. The molecule has 1 aromatic rings. The Morgan fingerprint density at radius 3 is 2.62 bits per heavy atom. The number of aliphatic hydroxyl groups is 1. The maximum Gasteiger partial charge on any atom is 0.409 e. The molecule has 3 aliphatic rings. The Balaban J connectivity index is 1.74. The number of ether oxygens (including phenoxy) is 4. The van der Waals surface area contributed by atoms with Crippen LogP contribution in [0.15, 0.2) is 35.9 Å². The monoisotopic (exact) mass is 562 g/mol. The van der Waals surface area contributed by atoms with Gasteiger partial charge in [0.1, 0.15) is 23.0 Å². The van der Waals surface area contributed by atoms with Crippen molar-refractivity contribution >= 4 is 29.3 Å². The van der Waals surface area contributed by atoms with E-state index in [1.165, 1.54) is 7.11 Å². The molecule has 2 fully saturated rings. The number of methoxy groups -OCH3 is 2. The normalized spacial score (nSPS) is 37.6. The molecule has 0 spiro atoms. The van der Waals surface area contributed by atoms with Crippen molar-refractivity contribution in [2.75, 3.05) is 26.2 Å². The van der Waals surface area contributed by atoms with Gasteiger partial charge in [-0.3, -0.25) is 10.1 Å². The van der Waals surface area contributed by atoms with Crippen LogP contribution in [0, 0.1) is 11.8 Å². The molecule has 0 unspecified atom stereocenters. The maximum atomic E-state index is 13.4. The highest BCUT2D eigenvalue weighted by Gasteiger charge is 2.61. The molecular formula is C29H39ClN2O7. The second kappa shape index (κ2) is 11.1. The third kappa shape index (κ3) is 5.82. The average molecular weight is 563 g/mol. The fraction of sp³-hybridized carbons (Fsp3) is 0.586. The number of carbonyl (C=O) groups is 2. The van der Waals surface area contributed by atoms with E-state index in [0.29, 0.717) is 22.9 Å². The summed E-state index contributed by atoms with van der Waals surface area (Å²) in [6, 6.07) is 3.76. The number of benzene rings is 1. The number of anilines is 1. The first-order valence-electron chi connectivity index (χ1n) is 13.2. The van der Waals surface area contributed by atoms with Gasteiger partial charge in [-0.05, 0) is 43.9 Å². The molecule has 214 valence electrons. The van der Waals surface area contributed by atoms with Crippen molar-refractivity contribution in [2.24, 2.45) is 11.8 Å². The number of fused-ring (bicyclic) bond motifs is 5. The second-order valence-electron chi connectivity index (χ2n) is 11.2. The van der Waals surface area contributed by atoms with Gasteiger partial charge >= 0.3 is 6.09 Å². The van der Waals surface area contributed by atoms with E-state index in [-0.39, 0.29) is 36.7 Å². The van der Waals surface area contributed by atoms with Crippen LogP contribution >= 0.6 is 11.6 Å². The molecule has 4 rings (SSSR count). The van der Waals surface area contributed by atoms with Gasteiger partial charge in [-0.25, -0.2) is 4.79 Å². The van der Waals surface area contributed by atoms with E-state index in [4.69, 9.17) is 30.5 Å². The van der Waals surface area contributed by atoms with Gasteiger partial charge in [0.25, 0.3) is 0 Å². The van der Waals surface area contributed by atoms with Crippen LogP contribution in [-0.2, 0) is 25.4 Å². The van der Waals surface area contributed by atoms with Crippen molar-refractivity contribution in [3.05, 3.63) is 46.5 Å². The first-order valence-corrected chi connectivity index (χ1v) is 13.6. The SMILES string of the molecule is COc1cc2cc(c1Cl)N(C)C(=O)C[C@H](C)[C@]1(C)O[C@H]1[C@H](C)[C@@H]1C[C@@](O)(NC(=O)O1)[C@H](OC)/C=C/C=C(\C)C2. The van der Waals surface area contributed by atoms with Gasteiger partial charge in [0, 0.05) is 32.9 Å². The number of allylic oxidation sites excluding steroid dienone is 3. The lowest BCUT2D eigenvalue weighted by Crippen LogP contribution is -2.63. The van der Waals surface area contributed by atoms with Gasteiger partial charge in [-0.1, -0.05) is 49.2 Å². The Kier molecular flexibility index (Phi) is 8.38. The molecule has 7 atom stereocenters. The van der Waals surface area contributed by atoms with E-state index >= 15 is 0 Å². The number of alkyl carbamates (subject to hydrolysis) is 1. The summed E-state index contributed by atoms with van der Waals surface area (Å²) in [7, 11) is 4.74. The zero-order valence-electron chi connectivity index (χ0n) is 23.6. The average Bonchev–Trinajstić information content (AvgIpc) is 3.58. The fourth-order valence-electron chi connectivity index (χ4n) is 5.69. The summed E-state index contributed by atoms with van der Waals surface area (Å²) in [5.74, 6) is 0.0125. The summed E-state index contributed by atoms with van der Waals surface area (Å²) >= 11 is 6.64. The van der Waals surface area contributed by atoms with Crippen molar-refractivity contribution < 1.29 is 33.6 Å². The molecule has 2 saturated heterocycles. The van der Waals surface area contributed by atoms with Crippen LogP contribution < -0.4 is 15.0 Å². The lowest BCUT2D eigenvalue weighted by atomic mass is 9.81. The van der Waals surface area contributed by atoms with Gasteiger partial charge in [-0.2, -0.15) is 0 Å². The number of nitrogens with one attached hydrogen (secondary N) is 1. The van der Waals surface area contributed by atoms with Crippen molar-refractivity contribution in [2.45, 2.75) is 76.6 Å². The first-order chi connectivity index (χ1) is 18.3. The quantitative estimate of drug-likeness (QED) is 0.514. The van der Waals surface area contributed by atoms with Crippen LogP contribution in [0.3, 0.4) is 0 Å². The van der Waals surface area contributed by atoms with Crippen LogP contribution in [0.5, 0.6) is 5.75 Å². The number of amides is 2. The summed E-state index contributed by atoms with van der Waals surface area (Å²) in [6.07, 6.45) is 3.92. The van der Waals surface area contributed by atoms with Crippen LogP contribution in [-0.4, -0.2) is 68.0 Å². The van der Waals surface area contributed by atoms with E-state index < -0.39 is 29.6 Å². The van der Waals surface area contributed by atoms with Crippen molar-refractivity contribution in [3.63, 3.8) is 0 Å². The van der Waals surface area contributed by atoms with Crippen LogP contribution in [0.4, 0.5) is 10.5 Å². The van der Waals surface area contributed by atoms with Crippen LogP contribution in [0.2, 0.25) is 5.02 Å². The van der Waals surface area contributed by atoms with Crippen LogP contribution in [0.25, 0.3) is 0 Å². The maximum absolute atomic E-state index is 13.4. The van der Waals surface area contributed by atoms with Gasteiger partial charge in [-0.15, -0.1) is 0 Å². The zero-order valence-corrected chi connectivity index (χ0v) is 24.4. The Morgan fingerprint density at radius 2 is 1.95 bits per heavy atom. The molecule has 2 N–H and O–H groups in total. The molecule has 39 heavy (non-hydrogen) atoms. The van der Waals surface area contributed by atoms with E-state index in [2.05, 4.69) is 5.32 Å². The zero-order chi connectivity index (χ0) is 28.7. The number of hydrogen-bond acceptors (Lipinski definition) is 7. The molecule has 3 aliphatic heterocycles. The third-order valence-electron chi connectivity index (χ3n) is 8.41. The summed E-state index contributed by atoms with van der Waals surface area (Å²) in [5.41, 5.74) is 0.241.